The predicted octanol–water partition coefficient (Wildman–Crippen LogP) is 0.125. The largest absolute Gasteiger partial charge is 0.391 e. The quantitative estimate of drug-likeness (QED) is 0.739. The highest BCUT2D eigenvalue weighted by atomic mass is 32.2. The van der Waals surface area contributed by atoms with Crippen molar-refractivity contribution in [2.24, 2.45) is 0 Å². The number of hydrogen-bond acceptors (Lipinski definition) is 6. The van der Waals surface area contributed by atoms with Crippen molar-refractivity contribution in [2.75, 3.05) is 4.72 Å². The molecular weight excluding hydrogens is 278 g/mol. The molecule has 2 aromatic heterocycles. The minimum absolute atomic E-state index is 0.0218. The Bertz CT molecular complexity index is 684. The molecular formula is C9H9N3O4S2. The highest BCUT2D eigenvalue weighted by molar-refractivity contribution is 7.94. The molecule has 0 aliphatic carbocycles. The first-order chi connectivity index (χ1) is 8.51. The van der Waals surface area contributed by atoms with Gasteiger partial charge in [0.25, 0.3) is 15.6 Å². The van der Waals surface area contributed by atoms with Crippen molar-refractivity contribution in [3.8, 4) is 0 Å². The lowest BCUT2D eigenvalue weighted by atomic mass is 10.5. The highest BCUT2D eigenvalue weighted by Crippen LogP contribution is 2.23. The summed E-state index contributed by atoms with van der Waals surface area (Å²) in [5.41, 5.74) is -0.420. The number of anilines is 1. The topological polar surface area (TPSA) is 112 Å². The van der Waals surface area contributed by atoms with Crippen LogP contribution in [0.3, 0.4) is 0 Å². The number of aromatic nitrogens is 2. The molecule has 2 aromatic rings. The fraction of sp³-hybridized carbons (Fsp3) is 0.111. The van der Waals surface area contributed by atoms with Crippen LogP contribution >= 0.6 is 11.3 Å². The van der Waals surface area contributed by atoms with Crippen LogP contribution in [0.1, 0.15) is 4.88 Å². The molecule has 0 amide bonds. The summed E-state index contributed by atoms with van der Waals surface area (Å²) in [6.45, 7) is -0.211. The fourth-order valence-corrected chi connectivity index (χ4v) is 3.39. The third kappa shape index (κ3) is 2.75. The van der Waals surface area contributed by atoms with Gasteiger partial charge < -0.3 is 5.11 Å². The third-order valence-electron chi connectivity index (χ3n) is 1.98. The fourth-order valence-electron chi connectivity index (χ4n) is 1.18. The van der Waals surface area contributed by atoms with Gasteiger partial charge in [-0.05, 0) is 18.2 Å². The highest BCUT2D eigenvalue weighted by Gasteiger charge is 2.17. The molecule has 0 aliphatic heterocycles. The van der Waals surface area contributed by atoms with E-state index in [2.05, 4.69) is 14.9 Å². The van der Waals surface area contributed by atoms with Crippen LogP contribution in [0.4, 0.5) is 5.82 Å². The first kappa shape index (κ1) is 12.7. The maximum atomic E-state index is 11.9. The number of sulfonamides is 1. The van der Waals surface area contributed by atoms with Gasteiger partial charge in [0.2, 0.25) is 0 Å². The summed E-state index contributed by atoms with van der Waals surface area (Å²) in [6, 6.07) is 5.35. The molecule has 2 heterocycles. The van der Waals surface area contributed by atoms with Gasteiger partial charge in [0.1, 0.15) is 4.21 Å². The average molecular weight is 287 g/mol. The van der Waals surface area contributed by atoms with Gasteiger partial charge in [-0.1, -0.05) is 0 Å². The molecule has 7 nitrogen and oxygen atoms in total. The number of rotatable bonds is 4. The molecule has 0 unspecified atom stereocenters. The monoisotopic (exact) mass is 287 g/mol. The van der Waals surface area contributed by atoms with Crippen molar-refractivity contribution < 1.29 is 13.5 Å². The van der Waals surface area contributed by atoms with E-state index in [1.165, 1.54) is 24.3 Å². The molecule has 0 aliphatic rings. The molecule has 0 aromatic carbocycles. The van der Waals surface area contributed by atoms with Gasteiger partial charge in [-0.15, -0.1) is 11.3 Å². The second kappa shape index (κ2) is 4.88. The van der Waals surface area contributed by atoms with E-state index in [-0.39, 0.29) is 16.6 Å². The number of aliphatic hydroxyl groups is 1. The zero-order valence-corrected chi connectivity index (χ0v) is 10.6. The molecule has 2 rings (SSSR count). The van der Waals surface area contributed by atoms with Crippen LogP contribution in [-0.4, -0.2) is 23.7 Å². The molecule has 0 spiro atoms. The smallest absolute Gasteiger partial charge is 0.272 e. The Hall–Kier alpha value is -1.71. The zero-order valence-electron chi connectivity index (χ0n) is 8.95. The Balaban J connectivity index is 2.26. The predicted molar refractivity (Wildman–Crippen MR) is 65.9 cm³/mol. The van der Waals surface area contributed by atoms with Gasteiger partial charge in [0, 0.05) is 10.9 Å². The van der Waals surface area contributed by atoms with E-state index < -0.39 is 15.6 Å². The van der Waals surface area contributed by atoms with Gasteiger partial charge in [-0.3, -0.25) is 9.52 Å². The summed E-state index contributed by atoms with van der Waals surface area (Å²) in [7, 11) is -3.74. The Morgan fingerprint density at radius 3 is 2.67 bits per heavy atom. The van der Waals surface area contributed by atoms with E-state index in [1.54, 1.807) is 0 Å². The van der Waals surface area contributed by atoms with Crippen molar-refractivity contribution in [3.05, 3.63) is 39.5 Å². The molecule has 0 bridgehead atoms. The van der Waals surface area contributed by atoms with E-state index >= 15 is 0 Å². The summed E-state index contributed by atoms with van der Waals surface area (Å²) in [5, 5.41) is 14.5. The summed E-state index contributed by atoms with van der Waals surface area (Å²) < 4.78 is 26.1. The third-order valence-corrected chi connectivity index (χ3v) is 4.89. The lowest BCUT2D eigenvalue weighted by molar-refractivity contribution is 0.285. The van der Waals surface area contributed by atoms with Crippen LogP contribution in [0.15, 0.2) is 33.3 Å². The van der Waals surface area contributed by atoms with Crippen molar-refractivity contribution in [1.82, 2.24) is 10.2 Å². The van der Waals surface area contributed by atoms with Gasteiger partial charge in [0.15, 0.2) is 5.82 Å². The first-order valence-corrected chi connectivity index (χ1v) is 7.09. The molecule has 3 N–H and O–H groups in total. The minimum Gasteiger partial charge on any atom is -0.391 e. The van der Waals surface area contributed by atoms with E-state index in [1.807, 2.05) is 0 Å². The van der Waals surface area contributed by atoms with E-state index in [4.69, 9.17) is 5.11 Å². The van der Waals surface area contributed by atoms with E-state index in [0.29, 0.717) is 4.88 Å². The average Bonchev–Trinajstić information content (AvgIpc) is 2.81. The summed E-state index contributed by atoms with van der Waals surface area (Å²) in [6.07, 6.45) is 0. The first-order valence-electron chi connectivity index (χ1n) is 4.79. The Morgan fingerprint density at radius 1 is 1.33 bits per heavy atom. The molecule has 0 saturated heterocycles. The second-order valence-electron chi connectivity index (χ2n) is 3.29. The lowest BCUT2D eigenvalue weighted by Gasteiger charge is -2.03. The van der Waals surface area contributed by atoms with E-state index in [0.717, 1.165) is 11.3 Å². The maximum absolute atomic E-state index is 11.9. The molecule has 0 fully saturated rings. The molecule has 18 heavy (non-hydrogen) atoms. The summed E-state index contributed by atoms with van der Waals surface area (Å²) >= 11 is 0.962. The van der Waals surface area contributed by atoms with Gasteiger partial charge in [-0.25, -0.2) is 13.5 Å². The Labute approximate surface area is 106 Å². The SMILES string of the molecule is O=c1ccc(NS(=O)(=O)c2ccc(CO)s2)n[nH]1. The van der Waals surface area contributed by atoms with Crippen LogP contribution in [0.5, 0.6) is 0 Å². The lowest BCUT2D eigenvalue weighted by Crippen LogP contribution is -2.15. The number of aromatic amines is 1. The number of aliphatic hydroxyl groups excluding tert-OH is 1. The minimum atomic E-state index is -3.74. The van der Waals surface area contributed by atoms with Crippen LogP contribution in [0, 0.1) is 0 Å². The number of nitrogens with one attached hydrogen (secondary N) is 2. The van der Waals surface area contributed by atoms with Crippen molar-refractivity contribution >= 4 is 27.2 Å². The number of hydrogen-bond donors (Lipinski definition) is 3. The molecule has 9 heteroatoms. The summed E-state index contributed by atoms with van der Waals surface area (Å²) in [4.78, 5) is 11.3. The summed E-state index contributed by atoms with van der Waals surface area (Å²) in [5.74, 6) is 0.0218. The molecule has 0 radical (unpaired) electrons. The maximum Gasteiger partial charge on any atom is 0.272 e. The number of H-pyrrole nitrogens is 1. The number of nitrogens with zero attached hydrogens (tertiary/aromatic N) is 1. The molecule has 96 valence electrons. The molecule has 0 atom stereocenters. The van der Waals surface area contributed by atoms with Gasteiger partial charge >= 0.3 is 0 Å². The van der Waals surface area contributed by atoms with Crippen LogP contribution in [0.2, 0.25) is 0 Å². The second-order valence-corrected chi connectivity index (χ2v) is 6.37. The Morgan fingerprint density at radius 2 is 2.11 bits per heavy atom. The van der Waals surface area contributed by atoms with Gasteiger partial charge in [0.05, 0.1) is 6.61 Å². The zero-order chi connectivity index (χ0) is 13.2. The van der Waals surface area contributed by atoms with Gasteiger partial charge in [-0.2, -0.15) is 5.10 Å². The van der Waals surface area contributed by atoms with Crippen LogP contribution < -0.4 is 10.3 Å². The molecule has 0 saturated carbocycles. The van der Waals surface area contributed by atoms with E-state index in [9.17, 15) is 13.2 Å². The standard InChI is InChI=1S/C9H9N3O4S2/c13-5-6-1-4-9(17-6)18(15,16)12-7-2-3-8(14)11-10-7/h1-4,13H,5H2,(H,10,12)(H,11,14). The number of thiophene rings is 1. The van der Waals surface area contributed by atoms with Crippen LogP contribution in [0.25, 0.3) is 0 Å². The van der Waals surface area contributed by atoms with Crippen molar-refractivity contribution in [3.63, 3.8) is 0 Å². The van der Waals surface area contributed by atoms with Crippen molar-refractivity contribution in [1.29, 1.82) is 0 Å². The normalized spacial score (nSPS) is 11.4. The van der Waals surface area contributed by atoms with Crippen molar-refractivity contribution in [2.45, 2.75) is 10.8 Å². The van der Waals surface area contributed by atoms with Crippen LogP contribution in [-0.2, 0) is 16.6 Å². The Kier molecular flexibility index (Phi) is 3.45.